The molecule has 0 aliphatic rings. The molecule has 5 nitrogen and oxygen atoms in total. The van der Waals surface area contributed by atoms with Crippen molar-refractivity contribution in [1.82, 2.24) is 14.5 Å². The van der Waals surface area contributed by atoms with Gasteiger partial charge in [0.1, 0.15) is 11.3 Å². The molecule has 0 amide bonds. The summed E-state index contributed by atoms with van der Waals surface area (Å²) in [5, 5.41) is 0.703. The van der Waals surface area contributed by atoms with Crippen LogP contribution in [0.2, 0.25) is 0 Å². The summed E-state index contributed by atoms with van der Waals surface area (Å²) < 4.78 is 42.8. The minimum Gasteiger partial charge on any atom is -0.404 e. The van der Waals surface area contributed by atoms with Crippen molar-refractivity contribution >= 4 is 11.0 Å². The summed E-state index contributed by atoms with van der Waals surface area (Å²) >= 11 is 0. The van der Waals surface area contributed by atoms with Crippen LogP contribution >= 0.6 is 0 Å². The molecule has 0 aliphatic carbocycles. The van der Waals surface area contributed by atoms with Gasteiger partial charge in [-0.25, -0.2) is 4.98 Å². The van der Waals surface area contributed by atoms with Crippen molar-refractivity contribution in [2.24, 2.45) is 0 Å². The summed E-state index contributed by atoms with van der Waals surface area (Å²) in [4.78, 5) is 20.4. The predicted molar refractivity (Wildman–Crippen MR) is 80.8 cm³/mol. The van der Waals surface area contributed by atoms with Gasteiger partial charge in [0.15, 0.2) is 5.75 Å². The molecule has 0 aliphatic heterocycles. The van der Waals surface area contributed by atoms with Crippen molar-refractivity contribution in [2.45, 2.75) is 19.8 Å². The third-order valence-corrected chi connectivity index (χ3v) is 3.35. The molecular formula is C16H12F3N3O2. The van der Waals surface area contributed by atoms with Gasteiger partial charge in [0, 0.05) is 23.3 Å². The topological polar surface area (TPSA) is 57.0 Å². The third kappa shape index (κ3) is 3.37. The summed E-state index contributed by atoms with van der Waals surface area (Å²) in [5.41, 5.74) is 0.678. The van der Waals surface area contributed by atoms with Crippen LogP contribution in [0.3, 0.4) is 0 Å². The molecular weight excluding hydrogens is 323 g/mol. The first-order chi connectivity index (χ1) is 11.3. The van der Waals surface area contributed by atoms with E-state index >= 15 is 0 Å². The van der Waals surface area contributed by atoms with E-state index in [1.807, 2.05) is 0 Å². The lowest BCUT2D eigenvalue weighted by molar-refractivity contribution is -0.275. The number of rotatable bonds is 3. The molecule has 0 bridgehead atoms. The van der Waals surface area contributed by atoms with Gasteiger partial charge in [-0.05, 0) is 37.3 Å². The molecule has 0 saturated carbocycles. The van der Waals surface area contributed by atoms with Crippen molar-refractivity contribution in [2.75, 3.05) is 0 Å². The number of nitrogens with zero attached hydrogens (tertiary/aromatic N) is 3. The van der Waals surface area contributed by atoms with E-state index in [-0.39, 0.29) is 17.8 Å². The molecule has 0 radical (unpaired) electrons. The van der Waals surface area contributed by atoms with Crippen LogP contribution in [-0.4, -0.2) is 20.9 Å². The maximum Gasteiger partial charge on any atom is 0.573 e. The quantitative estimate of drug-likeness (QED) is 0.738. The third-order valence-electron chi connectivity index (χ3n) is 3.35. The second-order valence-electron chi connectivity index (χ2n) is 5.12. The van der Waals surface area contributed by atoms with E-state index < -0.39 is 12.1 Å². The van der Waals surface area contributed by atoms with Crippen molar-refractivity contribution in [3.05, 3.63) is 64.3 Å². The van der Waals surface area contributed by atoms with Gasteiger partial charge in [0.2, 0.25) is 0 Å². The monoisotopic (exact) mass is 335 g/mol. The number of hydrogen-bond donors (Lipinski definition) is 0. The maximum absolute atomic E-state index is 12.5. The van der Waals surface area contributed by atoms with Crippen molar-refractivity contribution in [1.29, 1.82) is 0 Å². The van der Waals surface area contributed by atoms with E-state index in [0.717, 1.165) is 6.07 Å². The summed E-state index contributed by atoms with van der Waals surface area (Å²) in [6.07, 6.45) is -3.50. The van der Waals surface area contributed by atoms with Crippen LogP contribution in [0.15, 0.2) is 47.4 Å². The number of fused-ring (bicyclic) bond motifs is 1. The van der Waals surface area contributed by atoms with Crippen molar-refractivity contribution in [3.63, 3.8) is 0 Å². The Morgan fingerprint density at radius 1 is 1.17 bits per heavy atom. The first-order valence-electron chi connectivity index (χ1n) is 7.00. The van der Waals surface area contributed by atoms with Gasteiger partial charge in [-0.15, -0.1) is 13.2 Å². The van der Waals surface area contributed by atoms with Gasteiger partial charge in [-0.3, -0.25) is 14.3 Å². The molecule has 0 unspecified atom stereocenters. The smallest absolute Gasteiger partial charge is 0.404 e. The number of ether oxygens (including phenoxy) is 1. The molecule has 0 spiro atoms. The fraction of sp³-hybridized carbons (Fsp3) is 0.188. The Morgan fingerprint density at radius 3 is 2.67 bits per heavy atom. The Kier molecular flexibility index (Phi) is 3.96. The van der Waals surface area contributed by atoms with Gasteiger partial charge in [-0.2, -0.15) is 0 Å². The highest BCUT2D eigenvalue weighted by Crippen LogP contribution is 2.25. The number of aryl methyl sites for hydroxylation is 1. The minimum absolute atomic E-state index is 0.00673. The van der Waals surface area contributed by atoms with Crippen LogP contribution in [0.25, 0.3) is 11.0 Å². The number of alkyl halides is 3. The molecule has 0 saturated heterocycles. The fourth-order valence-corrected chi connectivity index (χ4v) is 2.32. The zero-order chi connectivity index (χ0) is 17.3. The molecule has 0 fully saturated rings. The predicted octanol–water partition coefficient (Wildman–Crippen LogP) is 3.05. The number of halogens is 3. The van der Waals surface area contributed by atoms with Gasteiger partial charge in [0.25, 0.3) is 5.56 Å². The highest BCUT2D eigenvalue weighted by Gasteiger charge is 2.32. The fourth-order valence-electron chi connectivity index (χ4n) is 2.32. The molecule has 3 heterocycles. The SMILES string of the molecule is Cc1ccc2ccc(=O)n(Cc3ncccc3OC(F)(F)F)c2n1. The standard InChI is InChI=1S/C16H12F3N3O2/c1-10-4-5-11-6-7-14(23)22(15(11)21-10)9-12-13(3-2-8-20-12)24-16(17,18)19/h2-8H,9H2,1H3. The number of aromatic nitrogens is 3. The lowest BCUT2D eigenvalue weighted by Crippen LogP contribution is -2.23. The van der Waals surface area contributed by atoms with Gasteiger partial charge >= 0.3 is 6.36 Å². The molecule has 0 atom stereocenters. The molecule has 0 N–H and O–H groups in total. The molecule has 24 heavy (non-hydrogen) atoms. The summed E-state index contributed by atoms with van der Waals surface area (Å²) in [6, 6.07) is 9.03. The second kappa shape index (κ2) is 5.95. The largest absolute Gasteiger partial charge is 0.573 e. The molecule has 8 heteroatoms. The van der Waals surface area contributed by atoms with E-state index in [1.54, 1.807) is 25.1 Å². The zero-order valence-electron chi connectivity index (χ0n) is 12.5. The first-order valence-corrected chi connectivity index (χ1v) is 7.00. The second-order valence-corrected chi connectivity index (χ2v) is 5.12. The van der Waals surface area contributed by atoms with Crippen LogP contribution in [0, 0.1) is 6.92 Å². The maximum atomic E-state index is 12.5. The average Bonchev–Trinajstić information content (AvgIpc) is 2.50. The summed E-state index contributed by atoms with van der Waals surface area (Å²) in [5.74, 6) is -0.443. The molecule has 3 rings (SSSR count). The Hall–Kier alpha value is -2.90. The van der Waals surface area contributed by atoms with Crippen LogP contribution in [0.1, 0.15) is 11.4 Å². The average molecular weight is 335 g/mol. The zero-order valence-corrected chi connectivity index (χ0v) is 12.5. The minimum atomic E-state index is -4.84. The van der Waals surface area contributed by atoms with E-state index in [9.17, 15) is 18.0 Å². The van der Waals surface area contributed by atoms with E-state index in [0.29, 0.717) is 16.7 Å². The van der Waals surface area contributed by atoms with E-state index in [2.05, 4.69) is 14.7 Å². The number of pyridine rings is 3. The summed E-state index contributed by atoms with van der Waals surface area (Å²) in [6.45, 7) is 1.58. The van der Waals surface area contributed by atoms with E-state index in [1.165, 1.54) is 22.9 Å². The van der Waals surface area contributed by atoms with E-state index in [4.69, 9.17) is 0 Å². The van der Waals surface area contributed by atoms with Gasteiger partial charge in [0.05, 0.1) is 6.54 Å². The Balaban J connectivity index is 2.10. The highest BCUT2D eigenvalue weighted by atomic mass is 19.4. The highest BCUT2D eigenvalue weighted by molar-refractivity contribution is 5.75. The van der Waals surface area contributed by atoms with Gasteiger partial charge < -0.3 is 4.74 Å². The lowest BCUT2D eigenvalue weighted by Gasteiger charge is -2.14. The molecule has 3 aromatic rings. The lowest BCUT2D eigenvalue weighted by atomic mass is 10.2. The van der Waals surface area contributed by atoms with Crippen LogP contribution in [0.5, 0.6) is 5.75 Å². The molecule has 124 valence electrons. The van der Waals surface area contributed by atoms with Gasteiger partial charge in [-0.1, -0.05) is 0 Å². The van der Waals surface area contributed by atoms with Crippen molar-refractivity contribution in [3.8, 4) is 5.75 Å². The normalized spacial score (nSPS) is 11.7. The molecule has 0 aromatic carbocycles. The summed E-state index contributed by atoms with van der Waals surface area (Å²) in [7, 11) is 0. The van der Waals surface area contributed by atoms with Crippen LogP contribution < -0.4 is 10.3 Å². The Morgan fingerprint density at radius 2 is 1.92 bits per heavy atom. The Labute approximate surface area is 134 Å². The number of hydrogen-bond acceptors (Lipinski definition) is 4. The first kappa shape index (κ1) is 16.0. The van der Waals surface area contributed by atoms with Crippen LogP contribution in [0.4, 0.5) is 13.2 Å². The van der Waals surface area contributed by atoms with Crippen LogP contribution in [-0.2, 0) is 6.54 Å². The van der Waals surface area contributed by atoms with Crippen molar-refractivity contribution < 1.29 is 17.9 Å². The molecule has 3 aromatic heterocycles. The Bertz CT molecular complexity index is 951.